The van der Waals surface area contributed by atoms with Gasteiger partial charge in [-0.3, -0.25) is 19.2 Å². The average molecular weight is 756 g/mol. The van der Waals surface area contributed by atoms with E-state index < -0.39 is 72.3 Å². The number of aliphatic hydroxyl groups excluding tert-OH is 1. The van der Waals surface area contributed by atoms with Crippen LogP contribution in [0.4, 0.5) is 13.2 Å². The third-order valence-electron chi connectivity index (χ3n) is 11.0. The van der Waals surface area contributed by atoms with Crippen molar-refractivity contribution in [1.29, 1.82) is 0 Å². The number of esters is 2. The first-order chi connectivity index (χ1) is 25.9. The Balaban J connectivity index is 1.06. The molecule has 0 unspecified atom stereocenters. The van der Waals surface area contributed by atoms with Crippen molar-refractivity contribution in [2.45, 2.75) is 87.6 Å². The van der Waals surface area contributed by atoms with Gasteiger partial charge in [-0.2, -0.15) is 18.2 Å². The van der Waals surface area contributed by atoms with Crippen molar-refractivity contribution in [3.8, 4) is 0 Å². The summed E-state index contributed by atoms with van der Waals surface area (Å²) < 4.78 is 61.4. The fourth-order valence-corrected chi connectivity index (χ4v) is 8.45. The lowest BCUT2D eigenvalue weighted by Crippen LogP contribution is -2.69. The number of benzene rings is 2. The Labute approximate surface area is 308 Å². The maximum Gasteiger partial charge on any atom is 0.422 e. The summed E-state index contributed by atoms with van der Waals surface area (Å²) in [4.78, 5) is 59.8. The Morgan fingerprint density at radius 1 is 0.981 bits per heavy atom. The molecule has 2 aromatic carbocycles. The second-order valence-corrected chi connectivity index (χ2v) is 14.8. The smallest absolute Gasteiger partial charge is 0.422 e. The Hall–Kier alpha value is -4.35. The van der Waals surface area contributed by atoms with Gasteiger partial charge in [-0.15, -0.1) is 0 Å². The number of carbonyl (C=O) groups is 4. The van der Waals surface area contributed by atoms with E-state index in [9.17, 15) is 32.3 Å². The summed E-state index contributed by atoms with van der Waals surface area (Å²) in [7, 11) is 0. The summed E-state index contributed by atoms with van der Waals surface area (Å²) in [5.41, 5.74) is 0.646. The van der Waals surface area contributed by atoms with E-state index in [1.807, 2.05) is 0 Å². The van der Waals surface area contributed by atoms with E-state index in [2.05, 4.69) is 15.4 Å². The van der Waals surface area contributed by atoms with E-state index >= 15 is 0 Å². The zero-order valence-electron chi connectivity index (χ0n) is 29.1. The molecule has 54 heavy (non-hydrogen) atoms. The first-order valence-electron chi connectivity index (χ1n) is 18.2. The number of rotatable bonds is 13. The fourth-order valence-electron chi connectivity index (χ4n) is 8.45. The molecule has 6 atom stereocenters. The van der Waals surface area contributed by atoms with Crippen LogP contribution in [0.3, 0.4) is 0 Å². The maximum atomic E-state index is 14.7. The molecule has 3 aliphatic carbocycles. The molecule has 288 valence electrons. The highest BCUT2D eigenvalue weighted by atomic mass is 19.4. The minimum absolute atomic E-state index is 0.00972. The van der Waals surface area contributed by atoms with Crippen molar-refractivity contribution in [2.24, 2.45) is 17.3 Å². The summed E-state index contributed by atoms with van der Waals surface area (Å²) in [5.74, 6) is -3.04. The highest BCUT2D eigenvalue weighted by molar-refractivity contribution is 5.95. The topological polar surface area (TPSA) is 162 Å². The molecular formula is C38H40F3N3O10. The molecule has 0 radical (unpaired) electrons. The number of hydrogen-bond donors (Lipinski definition) is 3. The van der Waals surface area contributed by atoms with Gasteiger partial charge in [-0.05, 0) is 60.6 Å². The minimum Gasteiger partial charge on any atom is -0.458 e. The van der Waals surface area contributed by atoms with Gasteiger partial charge in [0, 0.05) is 43.0 Å². The molecule has 3 aliphatic heterocycles. The van der Waals surface area contributed by atoms with Gasteiger partial charge in [0.05, 0.1) is 13.2 Å². The quantitative estimate of drug-likeness (QED) is 0.204. The third kappa shape index (κ3) is 6.89. The summed E-state index contributed by atoms with van der Waals surface area (Å²) in [6.45, 7) is -1.77. The Morgan fingerprint density at radius 2 is 1.70 bits per heavy atom. The molecule has 0 aromatic heterocycles. The van der Waals surface area contributed by atoms with Gasteiger partial charge in [0.15, 0.2) is 18.4 Å². The Kier molecular flexibility index (Phi) is 9.53. The van der Waals surface area contributed by atoms with Crippen LogP contribution in [0.2, 0.25) is 0 Å². The van der Waals surface area contributed by atoms with Crippen LogP contribution in [0.25, 0.3) is 6.08 Å². The summed E-state index contributed by atoms with van der Waals surface area (Å²) in [6, 6.07) is 12.3. The number of fused-ring (bicyclic) bond motifs is 4. The summed E-state index contributed by atoms with van der Waals surface area (Å²) in [5, 5.41) is 16.1. The average Bonchev–Trinajstić information content (AvgIpc) is 4.10. The van der Waals surface area contributed by atoms with Gasteiger partial charge >= 0.3 is 18.1 Å². The van der Waals surface area contributed by atoms with Gasteiger partial charge < -0.3 is 34.7 Å². The second-order valence-electron chi connectivity index (χ2n) is 14.8. The fraction of sp³-hybridized carbons (Fsp3) is 0.526. The molecule has 8 rings (SSSR count). The first kappa shape index (κ1) is 36.6. The Bertz CT molecular complexity index is 1840. The maximum absolute atomic E-state index is 14.7. The van der Waals surface area contributed by atoms with E-state index in [1.54, 1.807) is 48.5 Å². The monoisotopic (exact) mass is 755 g/mol. The van der Waals surface area contributed by atoms with E-state index in [0.717, 1.165) is 31.8 Å². The van der Waals surface area contributed by atoms with Crippen LogP contribution < -0.4 is 10.6 Å². The number of hydroxylamine groups is 2. The molecule has 3 heterocycles. The van der Waals surface area contributed by atoms with Crippen LogP contribution in [0.5, 0.6) is 0 Å². The number of ether oxygens (including phenoxy) is 4. The molecular weight excluding hydrogens is 715 g/mol. The lowest BCUT2D eigenvalue weighted by atomic mass is 9.62. The lowest BCUT2D eigenvalue weighted by Gasteiger charge is -2.48. The molecule has 2 bridgehead atoms. The van der Waals surface area contributed by atoms with E-state index in [1.165, 1.54) is 11.1 Å². The molecule has 6 fully saturated rings. The van der Waals surface area contributed by atoms with Crippen molar-refractivity contribution in [3.63, 3.8) is 0 Å². The molecule has 13 nitrogen and oxygen atoms in total. The number of halogens is 3. The number of amides is 2. The number of hydrogen-bond acceptors (Lipinski definition) is 11. The van der Waals surface area contributed by atoms with Crippen LogP contribution in [-0.4, -0.2) is 96.1 Å². The standard InChI is InChI=1S/C38H40F3N3O10/c39-37(40,41)20-50-28(46)12-7-21-3-1-5-23(15-21)19-44-31-34(48)51-27-17-36(31,35(49)43-18-22-4-2-6-24(16-22)33(47)42-13-14-45)32(54-44)30-29(27)52-38(53-30,25-8-9-25)26-10-11-26/h1-7,12,15-16,25-27,29-32,45H,8-11,13-14,17-20H2,(H,42,47)(H,43,49)/t27-,29+,30+,31+,32-,36+/m1/s1. The predicted molar refractivity (Wildman–Crippen MR) is 179 cm³/mol. The van der Waals surface area contributed by atoms with Crippen LogP contribution in [0.1, 0.15) is 59.2 Å². The van der Waals surface area contributed by atoms with E-state index in [-0.39, 0.29) is 50.4 Å². The van der Waals surface area contributed by atoms with Crippen LogP contribution in [0.15, 0.2) is 54.6 Å². The molecule has 0 spiro atoms. The normalized spacial score (nSPS) is 29.8. The van der Waals surface area contributed by atoms with Crippen LogP contribution in [0, 0.1) is 17.3 Å². The highest BCUT2D eigenvalue weighted by Gasteiger charge is 2.78. The van der Waals surface area contributed by atoms with Gasteiger partial charge in [-0.1, -0.05) is 36.4 Å². The van der Waals surface area contributed by atoms with Crippen molar-refractivity contribution in [1.82, 2.24) is 15.7 Å². The summed E-state index contributed by atoms with van der Waals surface area (Å²) >= 11 is 0. The largest absolute Gasteiger partial charge is 0.458 e. The zero-order chi connectivity index (χ0) is 37.8. The first-order valence-corrected chi connectivity index (χ1v) is 18.2. The minimum atomic E-state index is -4.65. The summed E-state index contributed by atoms with van der Waals surface area (Å²) in [6.07, 6.45) is -1.54. The predicted octanol–water partition coefficient (Wildman–Crippen LogP) is 2.94. The highest BCUT2D eigenvalue weighted by Crippen LogP contribution is 2.63. The number of nitrogens with zero attached hydrogens (tertiary/aromatic N) is 1. The zero-order valence-corrected chi connectivity index (χ0v) is 29.1. The second kappa shape index (κ2) is 14.1. The number of aliphatic hydroxyl groups is 1. The van der Waals surface area contributed by atoms with Gasteiger partial charge in [0.25, 0.3) is 5.91 Å². The third-order valence-corrected chi connectivity index (χ3v) is 11.0. The van der Waals surface area contributed by atoms with Crippen molar-refractivity contribution < 1.29 is 61.2 Å². The number of nitrogens with one attached hydrogen (secondary N) is 2. The van der Waals surface area contributed by atoms with Gasteiger partial charge in [0.1, 0.15) is 29.8 Å². The van der Waals surface area contributed by atoms with E-state index in [0.29, 0.717) is 22.3 Å². The van der Waals surface area contributed by atoms with E-state index in [4.69, 9.17) is 24.2 Å². The van der Waals surface area contributed by atoms with Crippen molar-refractivity contribution >= 4 is 29.8 Å². The van der Waals surface area contributed by atoms with Gasteiger partial charge in [-0.25, -0.2) is 4.79 Å². The van der Waals surface area contributed by atoms with Crippen LogP contribution in [-0.2, 0) is 51.3 Å². The van der Waals surface area contributed by atoms with Crippen LogP contribution >= 0.6 is 0 Å². The molecule has 3 N–H and O–H groups in total. The molecule has 6 aliphatic rings. The molecule has 2 amide bonds. The molecule has 3 saturated carbocycles. The van der Waals surface area contributed by atoms with Crippen molar-refractivity contribution in [2.75, 3.05) is 19.8 Å². The SMILES string of the molecule is O=C(C=Cc1cccc(CN2O[C@@H]3[C@H]4OC(C5CC5)(C5CC5)O[C@H]4[C@H]4C[C@]3(C(=O)NCc3cccc(C(=O)NCCO)c3)[C@@H]2C(=O)O4)c1)OCC(F)(F)F. The molecule has 3 saturated heterocycles. The number of carbonyl (C=O) groups excluding carboxylic acids is 4. The molecule has 16 heteroatoms. The number of alkyl halides is 3. The lowest BCUT2D eigenvalue weighted by molar-refractivity contribution is -0.235. The van der Waals surface area contributed by atoms with Crippen molar-refractivity contribution in [3.05, 3.63) is 76.9 Å². The Morgan fingerprint density at radius 3 is 2.43 bits per heavy atom. The van der Waals surface area contributed by atoms with Gasteiger partial charge in [0.2, 0.25) is 5.91 Å². The molecule has 2 aromatic rings.